The van der Waals surface area contributed by atoms with E-state index in [1.165, 1.54) is 25.0 Å². The lowest BCUT2D eigenvalue weighted by Crippen LogP contribution is -2.02. The summed E-state index contributed by atoms with van der Waals surface area (Å²) < 4.78 is 18.7. The molecule has 16 heavy (non-hydrogen) atoms. The molecular formula is C13H15FO2. The summed E-state index contributed by atoms with van der Waals surface area (Å²) >= 11 is 0. The summed E-state index contributed by atoms with van der Waals surface area (Å²) in [5.74, 6) is 1.11. The number of carbonyl (C=O) groups is 1. The van der Waals surface area contributed by atoms with Crippen LogP contribution >= 0.6 is 0 Å². The second-order valence-electron chi connectivity index (χ2n) is 4.21. The highest BCUT2D eigenvalue weighted by Gasteiger charge is 2.22. The third-order valence-corrected chi connectivity index (χ3v) is 2.73. The van der Waals surface area contributed by atoms with Gasteiger partial charge in [0.2, 0.25) is 0 Å². The Morgan fingerprint density at radius 1 is 1.44 bits per heavy atom. The SMILES string of the molecule is O=CCCc1cc(F)ccc1OCC1CC1. The summed E-state index contributed by atoms with van der Waals surface area (Å²) in [7, 11) is 0. The Labute approximate surface area is 94.4 Å². The van der Waals surface area contributed by atoms with E-state index in [-0.39, 0.29) is 5.82 Å². The van der Waals surface area contributed by atoms with Crippen molar-refractivity contribution in [3.8, 4) is 5.75 Å². The smallest absolute Gasteiger partial charge is 0.123 e. The fourth-order valence-corrected chi connectivity index (χ4v) is 1.59. The standard InChI is InChI=1S/C13H15FO2/c14-12-5-6-13(16-9-10-3-4-10)11(8-12)2-1-7-15/h5-8,10H,1-4,9H2. The Kier molecular flexibility index (Phi) is 3.54. The van der Waals surface area contributed by atoms with Gasteiger partial charge < -0.3 is 9.53 Å². The molecule has 2 rings (SSSR count). The Balaban J connectivity index is 2.03. The molecule has 1 saturated carbocycles. The van der Waals surface area contributed by atoms with Crippen LogP contribution in [-0.4, -0.2) is 12.9 Å². The Morgan fingerprint density at radius 3 is 2.94 bits per heavy atom. The van der Waals surface area contributed by atoms with Crippen LogP contribution in [0.25, 0.3) is 0 Å². The molecule has 1 aliphatic carbocycles. The van der Waals surface area contributed by atoms with Gasteiger partial charge in [-0.15, -0.1) is 0 Å². The second-order valence-corrected chi connectivity index (χ2v) is 4.21. The van der Waals surface area contributed by atoms with E-state index in [4.69, 9.17) is 4.74 Å². The molecule has 0 heterocycles. The highest BCUT2D eigenvalue weighted by molar-refractivity contribution is 5.51. The predicted octanol–water partition coefficient (Wildman–Crippen LogP) is 2.75. The molecule has 0 bridgehead atoms. The molecule has 0 radical (unpaired) electrons. The average molecular weight is 222 g/mol. The molecule has 1 aliphatic rings. The predicted molar refractivity (Wildman–Crippen MR) is 59.0 cm³/mol. The molecule has 0 aliphatic heterocycles. The number of carbonyl (C=O) groups excluding carboxylic acids is 1. The summed E-state index contributed by atoms with van der Waals surface area (Å²) in [5.41, 5.74) is 0.785. The number of aryl methyl sites for hydroxylation is 1. The molecular weight excluding hydrogens is 207 g/mol. The molecule has 1 fully saturated rings. The maximum Gasteiger partial charge on any atom is 0.123 e. The van der Waals surface area contributed by atoms with Crippen LogP contribution < -0.4 is 4.74 Å². The van der Waals surface area contributed by atoms with E-state index in [9.17, 15) is 9.18 Å². The van der Waals surface area contributed by atoms with E-state index in [0.717, 1.165) is 17.6 Å². The third kappa shape index (κ3) is 3.05. The van der Waals surface area contributed by atoms with Gasteiger partial charge in [0, 0.05) is 6.42 Å². The molecule has 1 aromatic rings. The molecule has 0 amide bonds. The first-order valence-corrected chi connectivity index (χ1v) is 5.64. The van der Waals surface area contributed by atoms with Crippen molar-refractivity contribution in [2.45, 2.75) is 25.7 Å². The first-order valence-electron chi connectivity index (χ1n) is 5.64. The van der Waals surface area contributed by atoms with Gasteiger partial charge in [0.25, 0.3) is 0 Å². The van der Waals surface area contributed by atoms with Crippen LogP contribution in [-0.2, 0) is 11.2 Å². The number of hydrogen-bond acceptors (Lipinski definition) is 2. The van der Waals surface area contributed by atoms with E-state index in [1.54, 1.807) is 6.07 Å². The van der Waals surface area contributed by atoms with Crippen LogP contribution in [0.2, 0.25) is 0 Å². The number of halogens is 1. The van der Waals surface area contributed by atoms with Crippen molar-refractivity contribution in [2.24, 2.45) is 5.92 Å². The molecule has 86 valence electrons. The van der Waals surface area contributed by atoms with Gasteiger partial charge in [0.05, 0.1) is 6.61 Å². The van der Waals surface area contributed by atoms with Crippen molar-refractivity contribution in [3.05, 3.63) is 29.6 Å². The van der Waals surface area contributed by atoms with Gasteiger partial charge in [-0.25, -0.2) is 4.39 Å². The van der Waals surface area contributed by atoms with Crippen LogP contribution in [0.3, 0.4) is 0 Å². The van der Waals surface area contributed by atoms with Gasteiger partial charge in [-0.2, -0.15) is 0 Å². The van der Waals surface area contributed by atoms with E-state index < -0.39 is 0 Å². The summed E-state index contributed by atoms with van der Waals surface area (Å²) in [6.07, 6.45) is 4.25. The van der Waals surface area contributed by atoms with Crippen LogP contribution in [0, 0.1) is 11.7 Å². The molecule has 0 spiro atoms. The Morgan fingerprint density at radius 2 is 2.25 bits per heavy atom. The normalized spacial score (nSPS) is 14.8. The average Bonchev–Trinajstić information content (AvgIpc) is 3.09. The quantitative estimate of drug-likeness (QED) is 0.692. The Bertz CT molecular complexity index is 372. The number of ether oxygens (including phenoxy) is 1. The first kappa shape index (κ1) is 11.1. The molecule has 0 atom stereocenters. The number of aldehydes is 1. The van der Waals surface area contributed by atoms with Crippen molar-refractivity contribution in [3.63, 3.8) is 0 Å². The zero-order valence-corrected chi connectivity index (χ0v) is 9.12. The molecule has 2 nitrogen and oxygen atoms in total. The zero-order valence-electron chi connectivity index (χ0n) is 9.12. The van der Waals surface area contributed by atoms with Gasteiger partial charge in [-0.05, 0) is 48.9 Å². The molecule has 0 saturated heterocycles. The van der Waals surface area contributed by atoms with Gasteiger partial charge in [-0.1, -0.05) is 0 Å². The van der Waals surface area contributed by atoms with Crippen molar-refractivity contribution in [1.82, 2.24) is 0 Å². The van der Waals surface area contributed by atoms with Gasteiger partial charge in [0.15, 0.2) is 0 Å². The number of benzene rings is 1. The lowest BCUT2D eigenvalue weighted by Gasteiger charge is -2.10. The minimum absolute atomic E-state index is 0.278. The molecule has 0 unspecified atom stereocenters. The summed E-state index contributed by atoms with van der Waals surface area (Å²) in [6, 6.07) is 4.50. The summed E-state index contributed by atoms with van der Waals surface area (Å²) in [5, 5.41) is 0. The van der Waals surface area contributed by atoms with Crippen molar-refractivity contribution in [1.29, 1.82) is 0 Å². The lowest BCUT2D eigenvalue weighted by molar-refractivity contribution is -0.107. The van der Waals surface area contributed by atoms with E-state index >= 15 is 0 Å². The van der Waals surface area contributed by atoms with Crippen molar-refractivity contribution < 1.29 is 13.9 Å². The fourth-order valence-electron chi connectivity index (χ4n) is 1.59. The van der Waals surface area contributed by atoms with Gasteiger partial charge >= 0.3 is 0 Å². The van der Waals surface area contributed by atoms with Crippen LogP contribution in [0.15, 0.2) is 18.2 Å². The molecule has 0 N–H and O–H groups in total. The molecule has 1 aromatic carbocycles. The first-order chi connectivity index (χ1) is 7.79. The monoisotopic (exact) mass is 222 g/mol. The minimum atomic E-state index is -0.278. The second kappa shape index (κ2) is 5.10. The maximum absolute atomic E-state index is 13.0. The Hall–Kier alpha value is -1.38. The highest BCUT2D eigenvalue weighted by atomic mass is 19.1. The van der Waals surface area contributed by atoms with Crippen molar-refractivity contribution in [2.75, 3.05) is 6.61 Å². The van der Waals surface area contributed by atoms with Crippen molar-refractivity contribution >= 4 is 6.29 Å². The molecule has 0 aromatic heterocycles. The van der Waals surface area contributed by atoms with E-state index in [2.05, 4.69) is 0 Å². The highest BCUT2D eigenvalue weighted by Crippen LogP contribution is 2.30. The van der Waals surface area contributed by atoms with Gasteiger partial charge in [0.1, 0.15) is 17.9 Å². The van der Waals surface area contributed by atoms with E-state index in [0.29, 0.717) is 25.4 Å². The largest absolute Gasteiger partial charge is 0.493 e. The minimum Gasteiger partial charge on any atom is -0.493 e. The van der Waals surface area contributed by atoms with Crippen LogP contribution in [0.5, 0.6) is 5.75 Å². The number of hydrogen-bond donors (Lipinski definition) is 0. The zero-order chi connectivity index (χ0) is 11.4. The van der Waals surface area contributed by atoms with Gasteiger partial charge in [-0.3, -0.25) is 0 Å². The molecule has 3 heteroatoms. The number of rotatable bonds is 6. The third-order valence-electron chi connectivity index (χ3n) is 2.73. The van der Waals surface area contributed by atoms with E-state index in [1.807, 2.05) is 0 Å². The maximum atomic E-state index is 13.0. The lowest BCUT2D eigenvalue weighted by atomic mass is 10.1. The van der Waals surface area contributed by atoms with Crippen LogP contribution in [0.1, 0.15) is 24.8 Å². The summed E-state index contributed by atoms with van der Waals surface area (Å²) in [4.78, 5) is 10.3. The summed E-state index contributed by atoms with van der Waals surface area (Å²) in [6.45, 7) is 0.708. The van der Waals surface area contributed by atoms with Crippen LogP contribution in [0.4, 0.5) is 4.39 Å². The fraction of sp³-hybridized carbons (Fsp3) is 0.462. The topological polar surface area (TPSA) is 26.3 Å².